The number of hydrogen-bond donors (Lipinski definition) is 2. The Morgan fingerprint density at radius 2 is 2.25 bits per heavy atom. The van der Waals surface area contributed by atoms with E-state index >= 15 is 0 Å². The molecule has 0 radical (unpaired) electrons. The van der Waals surface area contributed by atoms with Crippen LogP contribution >= 0.6 is 0 Å². The van der Waals surface area contributed by atoms with Crippen LogP contribution in [0.25, 0.3) is 10.9 Å². The second-order valence-electron chi connectivity index (χ2n) is 2.89. The van der Waals surface area contributed by atoms with Crippen LogP contribution in [0.2, 0.25) is 0 Å². The molecule has 2 nitrogen and oxygen atoms in total. The highest BCUT2D eigenvalue weighted by Gasteiger charge is 1.98. The standard InChI is InChI=1S/C10H12N2/c1-11-7-9-4-2-3-8-5-6-12-10(8)9/h2-6,11-12H,7H2,1H3. The Labute approximate surface area is 71.6 Å². The smallest absolute Gasteiger partial charge is 0.0499 e. The molecule has 1 aromatic heterocycles. The van der Waals surface area contributed by atoms with Gasteiger partial charge in [0.05, 0.1) is 0 Å². The minimum Gasteiger partial charge on any atom is -0.361 e. The molecule has 0 unspecified atom stereocenters. The molecule has 0 spiro atoms. The van der Waals surface area contributed by atoms with E-state index < -0.39 is 0 Å². The SMILES string of the molecule is CNCc1cccc2cc[nH]c12. The summed E-state index contributed by atoms with van der Waals surface area (Å²) in [5, 5.41) is 4.43. The molecule has 1 heterocycles. The van der Waals surface area contributed by atoms with E-state index in [1.165, 1.54) is 16.5 Å². The first kappa shape index (κ1) is 7.37. The number of benzene rings is 1. The maximum absolute atomic E-state index is 3.23. The van der Waals surface area contributed by atoms with Crippen molar-refractivity contribution in [3.8, 4) is 0 Å². The summed E-state index contributed by atoms with van der Waals surface area (Å²) >= 11 is 0. The van der Waals surface area contributed by atoms with E-state index in [4.69, 9.17) is 0 Å². The first-order valence-electron chi connectivity index (χ1n) is 4.11. The molecular formula is C10H12N2. The second kappa shape index (κ2) is 2.99. The highest BCUT2D eigenvalue weighted by molar-refractivity contribution is 5.82. The predicted octanol–water partition coefficient (Wildman–Crippen LogP) is 1.89. The summed E-state index contributed by atoms with van der Waals surface area (Å²) in [5.74, 6) is 0. The lowest BCUT2D eigenvalue weighted by atomic mass is 10.1. The van der Waals surface area contributed by atoms with Gasteiger partial charge >= 0.3 is 0 Å². The monoisotopic (exact) mass is 160 g/mol. The number of H-pyrrole nitrogens is 1. The molecule has 0 fully saturated rings. The lowest BCUT2D eigenvalue weighted by Gasteiger charge is -2.00. The second-order valence-corrected chi connectivity index (χ2v) is 2.89. The molecule has 0 saturated carbocycles. The van der Waals surface area contributed by atoms with Crippen LogP contribution in [-0.4, -0.2) is 12.0 Å². The Morgan fingerprint density at radius 3 is 3.08 bits per heavy atom. The Kier molecular flexibility index (Phi) is 1.84. The third kappa shape index (κ3) is 1.10. The highest BCUT2D eigenvalue weighted by Crippen LogP contribution is 2.16. The molecule has 0 saturated heterocycles. The van der Waals surface area contributed by atoms with Gasteiger partial charge in [-0.25, -0.2) is 0 Å². The summed E-state index contributed by atoms with van der Waals surface area (Å²) in [5.41, 5.74) is 2.56. The Balaban J connectivity index is 2.57. The number of fused-ring (bicyclic) bond motifs is 1. The van der Waals surface area contributed by atoms with E-state index in [0.29, 0.717) is 0 Å². The van der Waals surface area contributed by atoms with Gasteiger partial charge in [-0.15, -0.1) is 0 Å². The fourth-order valence-electron chi connectivity index (χ4n) is 1.49. The maximum Gasteiger partial charge on any atom is 0.0499 e. The first-order chi connectivity index (χ1) is 5.92. The van der Waals surface area contributed by atoms with E-state index in [9.17, 15) is 0 Å². The van der Waals surface area contributed by atoms with Gasteiger partial charge < -0.3 is 10.3 Å². The molecule has 0 atom stereocenters. The van der Waals surface area contributed by atoms with Crippen molar-refractivity contribution in [2.24, 2.45) is 0 Å². The topological polar surface area (TPSA) is 27.8 Å². The molecule has 2 aromatic rings. The molecule has 1 aromatic carbocycles. The van der Waals surface area contributed by atoms with Crippen LogP contribution in [-0.2, 0) is 6.54 Å². The molecule has 0 amide bonds. The van der Waals surface area contributed by atoms with Crippen molar-refractivity contribution in [1.82, 2.24) is 10.3 Å². The molecular weight excluding hydrogens is 148 g/mol. The maximum atomic E-state index is 3.23. The normalized spacial score (nSPS) is 10.8. The minimum atomic E-state index is 0.915. The number of hydrogen-bond acceptors (Lipinski definition) is 1. The van der Waals surface area contributed by atoms with Crippen molar-refractivity contribution >= 4 is 10.9 Å². The molecule has 0 bridgehead atoms. The van der Waals surface area contributed by atoms with Crippen molar-refractivity contribution in [3.63, 3.8) is 0 Å². The van der Waals surface area contributed by atoms with Gasteiger partial charge in [-0.05, 0) is 24.1 Å². The zero-order valence-corrected chi connectivity index (χ0v) is 7.09. The van der Waals surface area contributed by atoms with Crippen LogP contribution in [0.1, 0.15) is 5.56 Å². The van der Waals surface area contributed by atoms with Gasteiger partial charge in [0.25, 0.3) is 0 Å². The molecule has 62 valence electrons. The van der Waals surface area contributed by atoms with Crippen molar-refractivity contribution in [2.45, 2.75) is 6.54 Å². The Morgan fingerprint density at radius 1 is 1.33 bits per heavy atom. The molecule has 2 heteroatoms. The number of para-hydroxylation sites is 1. The summed E-state index contributed by atoms with van der Waals surface area (Å²) < 4.78 is 0. The summed E-state index contributed by atoms with van der Waals surface area (Å²) in [4.78, 5) is 3.23. The largest absolute Gasteiger partial charge is 0.361 e. The lowest BCUT2D eigenvalue weighted by molar-refractivity contribution is 0.822. The van der Waals surface area contributed by atoms with Crippen molar-refractivity contribution < 1.29 is 0 Å². The summed E-state index contributed by atoms with van der Waals surface area (Å²) in [6.07, 6.45) is 1.98. The lowest BCUT2D eigenvalue weighted by Crippen LogP contribution is -2.05. The molecule has 0 aliphatic heterocycles. The van der Waals surface area contributed by atoms with Gasteiger partial charge in [0.2, 0.25) is 0 Å². The zero-order valence-electron chi connectivity index (χ0n) is 7.09. The van der Waals surface area contributed by atoms with Gasteiger partial charge in [-0.1, -0.05) is 18.2 Å². The van der Waals surface area contributed by atoms with Gasteiger partial charge in [0.1, 0.15) is 0 Å². The van der Waals surface area contributed by atoms with E-state index in [0.717, 1.165) is 6.54 Å². The number of rotatable bonds is 2. The Hall–Kier alpha value is -1.28. The van der Waals surface area contributed by atoms with E-state index in [1.54, 1.807) is 0 Å². The molecule has 0 aliphatic rings. The van der Waals surface area contributed by atoms with Crippen molar-refractivity contribution in [2.75, 3.05) is 7.05 Å². The van der Waals surface area contributed by atoms with Crippen LogP contribution in [0.4, 0.5) is 0 Å². The zero-order chi connectivity index (χ0) is 8.39. The third-order valence-electron chi connectivity index (χ3n) is 2.04. The van der Waals surface area contributed by atoms with Crippen molar-refractivity contribution in [3.05, 3.63) is 36.0 Å². The van der Waals surface area contributed by atoms with E-state index in [2.05, 4.69) is 34.6 Å². The van der Waals surface area contributed by atoms with Gasteiger partial charge in [0.15, 0.2) is 0 Å². The van der Waals surface area contributed by atoms with Crippen LogP contribution in [0, 0.1) is 0 Å². The minimum absolute atomic E-state index is 0.915. The van der Waals surface area contributed by atoms with Gasteiger partial charge in [0, 0.05) is 18.3 Å². The molecule has 0 aliphatic carbocycles. The third-order valence-corrected chi connectivity index (χ3v) is 2.04. The van der Waals surface area contributed by atoms with Crippen LogP contribution in [0.3, 0.4) is 0 Å². The molecule has 2 rings (SSSR count). The van der Waals surface area contributed by atoms with Crippen molar-refractivity contribution in [1.29, 1.82) is 0 Å². The fourth-order valence-corrected chi connectivity index (χ4v) is 1.49. The average Bonchev–Trinajstić information content (AvgIpc) is 2.53. The van der Waals surface area contributed by atoms with E-state index in [-0.39, 0.29) is 0 Å². The van der Waals surface area contributed by atoms with E-state index in [1.807, 2.05) is 13.2 Å². The summed E-state index contributed by atoms with van der Waals surface area (Å²) in [6, 6.07) is 8.43. The first-order valence-corrected chi connectivity index (χ1v) is 4.11. The summed E-state index contributed by atoms with van der Waals surface area (Å²) in [7, 11) is 1.96. The average molecular weight is 160 g/mol. The Bertz CT molecular complexity index is 376. The number of aromatic nitrogens is 1. The van der Waals surface area contributed by atoms with Crippen LogP contribution < -0.4 is 5.32 Å². The summed E-state index contributed by atoms with van der Waals surface area (Å²) in [6.45, 7) is 0.915. The molecule has 12 heavy (non-hydrogen) atoms. The predicted molar refractivity (Wildman–Crippen MR) is 51.1 cm³/mol. The highest BCUT2D eigenvalue weighted by atomic mass is 14.8. The fraction of sp³-hybridized carbons (Fsp3) is 0.200. The number of aromatic amines is 1. The quantitative estimate of drug-likeness (QED) is 0.689. The van der Waals surface area contributed by atoms with Crippen LogP contribution in [0.5, 0.6) is 0 Å². The van der Waals surface area contributed by atoms with Gasteiger partial charge in [-0.2, -0.15) is 0 Å². The van der Waals surface area contributed by atoms with Crippen LogP contribution in [0.15, 0.2) is 30.5 Å². The number of nitrogens with one attached hydrogen (secondary N) is 2. The van der Waals surface area contributed by atoms with Gasteiger partial charge in [-0.3, -0.25) is 0 Å². The molecule has 2 N–H and O–H groups in total.